The SMILES string of the molecule is COc1ccc(Sc2cc3c(cc2NC(=O)Cc2cccs2)n(C)c(=O)n3C)cc1. The molecule has 0 unspecified atom stereocenters. The van der Waals surface area contributed by atoms with Crippen LogP contribution in [0.25, 0.3) is 11.0 Å². The Kier molecular flexibility index (Phi) is 5.69. The number of aryl methyl sites for hydroxylation is 2. The van der Waals surface area contributed by atoms with Crippen LogP contribution >= 0.6 is 23.1 Å². The van der Waals surface area contributed by atoms with Gasteiger partial charge in [-0.3, -0.25) is 13.9 Å². The summed E-state index contributed by atoms with van der Waals surface area (Å²) in [6.45, 7) is 0. The number of anilines is 1. The van der Waals surface area contributed by atoms with E-state index in [1.54, 1.807) is 41.7 Å². The number of ether oxygens (including phenoxy) is 1. The van der Waals surface area contributed by atoms with Gasteiger partial charge in [-0.05, 0) is 47.8 Å². The number of imidazole rings is 1. The first-order valence-electron chi connectivity index (χ1n) is 9.30. The molecule has 0 fully saturated rings. The lowest BCUT2D eigenvalue weighted by atomic mass is 10.2. The van der Waals surface area contributed by atoms with E-state index in [9.17, 15) is 9.59 Å². The topological polar surface area (TPSA) is 65.3 Å². The fourth-order valence-electron chi connectivity index (χ4n) is 3.24. The number of rotatable bonds is 6. The molecule has 0 saturated heterocycles. The molecule has 2 heterocycles. The van der Waals surface area contributed by atoms with E-state index in [4.69, 9.17) is 4.74 Å². The molecule has 2 aromatic carbocycles. The molecule has 1 N–H and O–H groups in total. The molecule has 8 heteroatoms. The highest BCUT2D eigenvalue weighted by Gasteiger charge is 2.16. The minimum absolute atomic E-state index is 0.0886. The third kappa shape index (κ3) is 4.01. The van der Waals surface area contributed by atoms with Crippen LogP contribution in [0.4, 0.5) is 5.69 Å². The molecule has 0 aliphatic rings. The Morgan fingerprint density at radius 2 is 1.80 bits per heavy atom. The molecule has 0 aliphatic heterocycles. The number of hydrogen-bond acceptors (Lipinski definition) is 5. The predicted molar refractivity (Wildman–Crippen MR) is 122 cm³/mol. The third-order valence-electron chi connectivity index (χ3n) is 4.85. The van der Waals surface area contributed by atoms with Gasteiger partial charge in [-0.2, -0.15) is 0 Å². The second-order valence-electron chi connectivity index (χ2n) is 6.82. The molecule has 154 valence electrons. The zero-order valence-electron chi connectivity index (χ0n) is 16.8. The van der Waals surface area contributed by atoms with Gasteiger partial charge < -0.3 is 10.1 Å². The first-order chi connectivity index (χ1) is 14.5. The van der Waals surface area contributed by atoms with Crippen molar-refractivity contribution in [2.24, 2.45) is 14.1 Å². The minimum atomic E-state index is -0.104. The molecule has 0 spiro atoms. The number of nitrogens with zero attached hydrogens (tertiary/aromatic N) is 2. The van der Waals surface area contributed by atoms with Gasteiger partial charge in [-0.25, -0.2) is 4.79 Å². The zero-order chi connectivity index (χ0) is 21.3. The molecule has 30 heavy (non-hydrogen) atoms. The van der Waals surface area contributed by atoms with Gasteiger partial charge in [0.1, 0.15) is 5.75 Å². The number of amides is 1. The molecule has 4 rings (SSSR count). The summed E-state index contributed by atoms with van der Waals surface area (Å²) in [5.41, 5.74) is 2.17. The quantitative estimate of drug-likeness (QED) is 0.487. The Labute approximate surface area is 182 Å². The maximum Gasteiger partial charge on any atom is 0.328 e. The van der Waals surface area contributed by atoms with Crippen LogP contribution in [0.2, 0.25) is 0 Å². The fraction of sp³-hybridized carbons (Fsp3) is 0.182. The number of carbonyl (C=O) groups is 1. The maximum atomic E-state index is 12.7. The number of nitrogens with one attached hydrogen (secondary N) is 1. The molecule has 4 aromatic rings. The van der Waals surface area contributed by atoms with Crippen LogP contribution in [-0.2, 0) is 25.3 Å². The van der Waals surface area contributed by atoms with Crippen molar-refractivity contribution in [2.75, 3.05) is 12.4 Å². The molecule has 0 aliphatic carbocycles. The third-order valence-corrected chi connectivity index (χ3v) is 6.79. The molecular formula is C22H21N3O3S2. The summed E-state index contributed by atoms with van der Waals surface area (Å²) < 4.78 is 8.43. The lowest BCUT2D eigenvalue weighted by Gasteiger charge is -2.12. The number of hydrogen-bond donors (Lipinski definition) is 1. The number of methoxy groups -OCH3 is 1. The Bertz CT molecular complexity index is 1260. The highest BCUT2D eigenvalue weighted by atomic mass is 32.2. The Hall–Kier alpha value is -2.97. The number of carbonyl (C=O) groups excluding carboxylic acids is 1. The Morgan fingerprint density at radius 3 is 2.43 bits per heavy atom. The molecule has 6 nitrogen and oxygen atoms in total. The van der Waals surface area contributed by atoms with Gasteiger partial charge in [0.05, 0.1) is 30.3 Å². The van der Waals surface area contributed by atoms with Crippen molar-refractivity contribution >= 4 is 45.7 Å². The van der Waals surface area contributed by atoms with E-state index in [-0.39, 0.29) is 11.6 Å². The molecular weight excluding hydrogens is 418 g/mol. The van der Waals surface area contributed by atoms with Crippen LogP contribution in [-0.4, -0.2) is 22.2 Å². The van der Waals surface area contributed by atoms with Crippen molar-refractivity contribution in [3.05, 3.63) is 69.3 Å². The van der Waals surface area contributed by atoms with Crippen molar-refractivity contribution in [1.29, 1.82) is 0 Å². The molecule has 0 atom stereocenters. The predicted octanol–water partition coefficient (Wildman–Crippen LogP) is 4.28. The van der Waals surface area contributed by atoms with Crippen molar-refractivity contribution in [3.63, 3.8) is 0 Å². The van der Waals surface area contributed by atoms with Crippen molar-refractivity contribution in [1.82, 2.24) is 9.13 Å². The first-order valence-corrected chi connectivity index (χ1v) is 11.0. The second-order valence-corrected chi connectivity index (χ2v) is 8.97. The molecule has 2 aromatic heterocycles. The standard InChI is InChI=1S/C22H21N3O3S2/c1-24-18-12-17(23-21(26)11-16-5-4-10-29-16)20(13-19(18)25(2)22(24)27)30-15-8-6-14(28-3)7-9-15/h4-10,12-13H,11H2,1-3H3,(H,23,26). The van der Waals surface area contributed by atoms with Crippen LogP contribution in [0.1, 0.15) is 4.88 Å². The molecule has 1 amide bonds. The summed E-state index contributed by atoms with van der Waals surface area (Å²) in [7, 11) is 5.12. The highest BCUT2D eigenvalue weighted by molar-refractivity contribution is 7.99. The second kappa shape index (κ2) is 8.41. The van der Waals surface area contributed by atoms with Gasteiger partial charge in [-0.1, -0.05) is 17.8 Å². The average molecular weight is 440 g/mol. The van der Waals surface area contributed by atoms with E-state index < -0.39 is 0 Å². The van der Waals surface area contributed by atoms with Gasteiger partial charge in [0.15, 0.2) is 0 Å². The van der Waals surface area contributed by atoms with E-state index in [2.05, 4.69) is 5.32 Å². The van der Waals surface area contributed by atoms with Gasteiger partial charge in [0.25, 0.3) is 0 Å². The summed E-state index contributed by atoms with van der Waals surface area (Å²) in [5, 5.41) is 4.99. The van der Waals surface area contributed by atoms with Gasteiger partial charge >= 0.3 is 5.69 Å². The van der Waals surface area contributed by atoms with Crippen molar-refractivity contribution in [3.8, 4) is 5.75 Å². The van der Waals surface area contributed by atoms with Gasteiger partial charge in [0.2, 0.25) is 5.91 Å². The Morgan fingerprint density at radius 1 is 1.10 bits per heavy atom. The van der Waals surface area contributed by atoms with E-state index in [0.29, 0.717) is 12.1 Å². The smallest absolute Gasteiger partial charge is 0.328 e. The van der Waals surface area contributed by atoms with Gasteiger partial charge in [0, 0.05) is 28.8 Å². The zero-order valence-corrected chi connectivity index (χ0v) is 18.5. The number of fused-ring (bicyclic) bond motifs is 1. The average Bonchev–Trinajstić information content (AvgIpc) is 3.32. The van der Waals surface area contributed by atoms with Crippen LogP contribution in [0, 0.1) is 0 Å². The molecule has 0 saturated carbocycles. The van der Waals surface area contributed by atoms with Crippen molar-refractivity contribution < 1.29 is 9.53 Å². The lowest BCUT2D eigenvalue weighted by Crippen LogP contribution is -2.19. The van der Waals surface area contributed by atoms with E-state index in [0.717, 1.165) is 31.5 Å². The summed E-state index contributed by atoms with van der Waals surface area (Å²) in [5.74, 6) is 0.694. The van der Waals surface area contributed by atoms with Crippen molar-refractivity contribution in [2.45, 2.75) is 16.2 Å². The number of aromatic nitrogens is 2. The van der Waals surface area contributed by atoms with Crippen LogP contribution in [0.15, 0.2) is 68.5 Å². The van der Waals surface area contributed by atoms with E-state index >= 15 is 0 Å². The summed E-state index contributed by atoms with van der Waals surface area (Å²) in [6, 6.07) is 15.4. The van der Waals surface area contributed by atoms with Crippen LogP contribution in [0.3, 0.4) is 0 Å². The minimum Gasteiger partial charge on any atom is -0.497 e. The molecule has 0 radical (unpaired) electrons. The summed E-state index contributed by atoms with van der Waals surface area (Å²) >= 11 is 3.09. The number of thiophene rings is 1. The summed E-state index contributed by atoms with van der Waals surface area (Å²) in [4.78, 5) is 27.9. The van der Waals surface area contributed by atoms with Crippen LogP contribution < -0.4 is 15.7 Å². The highest BCUT2D eigenvalue weighted by Crippen LogP contribution is 2.37. The normalized spacial score (nSPS) is 11.0. The molecule has 0 bridgehead atoms. The fourth-order valence-corrected chi connectivity index (χ4v) is 4.86. The number of benzene rings is 2. The van der Waals surface area contributed by atoms with E-state index in [1.165, 1.54) is 11.8 Å². The van der Waals surface area contributed by atoms with Crippen LogP contribution in [0.5, 0.6) is 5.75 Å². The Balaban J connectivity index is 1.72. The largest absolute Gasteiger partial charge is 0.497 e. The van der Waals surface area contributed by atoms with Gasteiger partial charge in [-0.15, -0.1) is 11.3 Å². The first kappa shape index (κ1) is 20.3. The summed E-state index contributed by atoms with van der Waals surface area (Å²) in [6.07, 6.45) is 0.316. The maximum absolute atomic E-state index is 12.7. The lowest BCUT2D eigenvalue weighted by molar-refractivity contribution is -0.115. The van der Waals surface area contributed by atoms with E-state index in [1.807, 2.05) is 53.9 Å². The monoisotopic (exact) mass is 439 g/mol.